The van der Waals surface area contributed by atoms with E-state index in [9.17, 15) is 4.79 Å². The summed E-state index contributed by atoms with van der Waals surface area (Å²) in [4.78, 5) is 22.8. The van der Waals surface area contributed by atoms with E-state index in [1.54, 1.807) is 0 Å². The number of likely N-dealkylation sites (tertiary alicyclic amines) is 1. The number of fused-ring (bicyclic) bond motifs is 1. The van der Waals surface area contributed by atoms with Crippen molar-refractivity contribution in [3.63, 3.8) is 0 Å². The molecule has 3 aromatic heterocycles. The topological polar surface area (TPSA) is 97.6 Å². The monoisotopic (exact) mass is 450 g/mol. The van der Waals surface area contributed by atoms with Gasteiger partial charge in [-0.05, 0) is 52.0 Å². The van der Waals surface area contributed by atoms with Crippen molar-refractivity contribution in [1.82, 2.24) is 29.3 Å². The van der Waals surface area contributed by atoms with E-state index in [4.69, 9.17) is 15.8 Å². The van der Waals surface area contributed by atoms with E-state index < -0.39 is 0 Å². The van der Waals surface area contributed by atoms with Crippen molar-refractivity contribution in [1.29, 1.82) is 0 Å². The zero-order valence-electron chi connectivity index (χ0n) is 19.9. The standard InChI is InChI=1S/C24H34N8O/c1-4-9-31-21(12-17(3)27-31)24(33)30-10-6-5-7-20(30)19-13-22-26-23(16(2)14-32(22)28-19)29-11-8-18(25)15-29/h12-14,18,20H,4-11,15,25H2,1-3H3/t18-,20-/m0/s1. The maximum atomic E-state index is 13.6. The van der Waals surface area contributed by atoms with Crippen LogP contribution in [0.25, 0.3) is 5.65 Å². The first kappa shape index (κ1) is 21.9. The van der Waals surface area contributed by atoms with Crippen molar-refractivity contribution in [3.8, 4) is 0 Å². The predicted octanol–water partition coefficient (Wildman–Crippen LogP) is 2.86. The Morgan fingerprint density at radius 2 is 2.00 bits per heavy atom. The second kappa shape index (κ2) is 8.78. The number of nitrogens with two attached hydrogens (primary N) is 1. The molecule has 3 aromatic rings. The third-order valence-electron chi connectivity index (χ3n) is 6.81. The maximum Gasteiger partial charge on any atom is 0.272 e. The van der Waals surface area contributed by atoms with Gasteiger partial charge in [-0.15, -0.1) is 0 Å². The van der Waals surface area contributed by atoms with Crippen LogP contribution < -0.4 is 10.6 Å². The lowest BCUT2D eigenvalue weighted by Crippen LogP contribution is -2.39. The zero-order valence-corrected chi connectivity index (χ0v) is 19.9. The van der Waals surface area contributed by atoms with Crippen molar-refractivity contribution in [3.05, 3.63) is 41.0 Å². The van der Waals surface area contributed by atoms with E-state index in [2.05, 4.69) is 23.8 Å². The molecule has 5 rings (SSSR count). The molecule has 5 heterocycles. The third-order valence-corrected chi connectivity index (χ3v) is 6.81. The van der Waals surface area contributed by atoms with Crippen LogP contribution in [0.15, 0.2) is 18.3 Å². The Labute approximate surface area is 194 Å². The first-order valence-corrected chi connectivity index (χ1v) is 12.2. The molecule has 2 fully saturated rings. The van der Waals surface area contributed by atoms with Crippen molar-refractivity contribution >= 4 is 17.4 Å². The smallest absolute Gasteiger partial charge is 0.272 e. The number of carbonyl (C=O) groups is 1. The Balaban J connectivity index is 1.46. The highest BCUT2D eigenvalue weighted by molar-refractivity contribution is 5.93. The summed E-state index contributed by atoms with van der Waals surface area (Å²) < 4.78 is 3.71. The third kappa shape index (κ3) is 4.10. The Bertz CT molecular complexity index is 1160. The minimum absolute atomic E-state index is 0.0432. The molecule has 176 valence electrons. The minimum atomic E-state index is -0.0535. The van der Waals surface area contributed by atoms with Gasteiger partial charge in [0.05, 0.1) is 17.4 Å². The largest absolute Gasteiger partial charge is 0.355 e. The maximum absolute atomic E-state index is 13.6. The fourth-order valence-corrected chi connectivity index (χ4v) is 5.21. The van der Waals surface area contributed by atoms with Crippen molar-refractivity contribution < 1.29 is 4.79 Å². The summed E-state index contributed by atoms with van der Waals surface area (Å²) in [6.07, 6.45) is 6.96. The van der Waals surface area contributed by atoms with Gasteiger partial charge in [-0.2, -0.15) is 10.2 Å². The number of carbonyl (C=O) groups excluding carboxylic acids is 1. The average molecular weight is 451 g/mol. The first-order chi connectivity index (χ1) is 15.9. The molecule has 0 saturated carbocycles. The van der Waals surface area contributed by atoms with Crippen molar-refractivity contribution in [2.75, 3.05) is 24.5 Å². The number of aromatic nitrogens is 5. The second-order valence-corrected chi connectivity index (χ2v) is 9.52. The molecule has 2 N–H and O–H groups in total. The summed E-state index contributed by atoms with van der Waals surface area (Å²) in [5, 5.41) is 9.40. The van der Waals surface area contributed by atoms with Crippen LogP contribution in [0.5, 0.6) is 0 Å². The highest BCUT2D eigenvalue weighted by Gasteiger charge is 2.32. The lowest BCUT2D eigenvalue weighted by molar-refractivity contribution is 0.0592. The second-order valence-electron chi connectivity index (χ2n) is 9.52. The number of hydrogen-bond acceptors (Lipinski definition) is 6. The Hall–Kier alpha value is -2.94. The van der Waals surface area contributed by atoms with Crippen LogP contribution in [-0.4, -0.2) is 60.9 Å². The average Bonchev–Trinajstić information content (AvgIpc) is 3.51. The summed E-state index contributed by atoms with van der Waals surface area (Å²) in [7, 11) is 0. The van der Waals surface area contributed by atoms with Gasteiger partial charge in [-0.3, -0.25) is 9.48 Å². The predicted molar refractivity (Wildman–Crippen MR) is 127 cm³/mol. The van der Waals surface area contributed by atoms with Crippen molar-refractivity contribution in [2.24, 2.45) is 5.73 Å². The normalized spacial score (nSPS) is 21.3. The molecule has 0 radical (unpaired) electrons. The van der Waals surface area contributed by atoms with Crippen LogP contribution in [0, 0.1) is 13.8 Å². The number of rotatable bonds is 5. The zero-order chi connectivity index (χ0) is 23.1. The van der Waals surface area contributed by atoms with Gasteiger partial charge in [-0.25, -0.2) is 9.50 Å². The summed E-state index contributed by atoms with van der Waals surface area (Å²) in [5.41, 5.74) is 10.5. The summed E-state index contributed by atoms with van der Waals surface area (Å²) in [6, 6.07) is 4.10. The molecular weight excluding hydrogens is 416 g/mol. The Morgan fingerprint density at radius 1 is 1.15 bits per heavy atom. The summed E-state index contributed by atoms with van der Waals surface area (Å²) in [6.45, 7) is 9.36. The number of aryl methyl sites for hydroxylation is 3. The summed E-state index contributed by atoms with van der Waals surface area (Å²) in [5.74, 6) is 1.03. The molecule has 0 bridgehead atoms. The number of piperidine rings is 1. The van der Waals surface area contributed by atoms with Crippen molar-refractivity contribution in [2.45, 2.75) is 71.5 Å². The van der Waals surface area contributed by atoms with Gasteiger partial charge < -0.3 is 15.5 Å². The van der Waals surface area contributed by atoms with Gasteiger partial charge >= 0.3 is 0 Å². The van der Waals surface area contributed by atoms with Gasteiger partial charge in [0.2, 0.25) is 0 Å². The number of hydrogen-bond donors (Lipinski definition) is 1. The van der Waals surface area contributed by atoms with Gasteiger partial charge in [0, 0.05) is 50.0 Å². The minimum Gasteiger partial charge on any atom is -0.355 e. The highest BCUT2D eigenvalue weighted by Crippen LogP contribution is 2.33. The fraction of sp³-hybridized carbons (Fsp3) is 0.583. The molecule has 1 amide bonds. The van der Waals surface area contributed by atoms with E-state index in [1.807, 2.05) is 39.4 Å². The van der Waals surface area contributed by atoms with Crippen LogP contribution in [-0.2, 0) is 6.54 Å². The molecule has 2 aliphatic rings. The molecule has 2 atom stereocenters. The number of amides is 1. The van der Waals surface area contributed by atoms with E-state index >= 15 is 0 Å². The molecule has 33 heavy (non-hydrogen) atoms. The van der Waals surface area contributed by atoms with E-state index in [-0.39, 0.29) is 18.0 Å². The number of nitrogens with zero attached hydrogens (tertiary/aromatic N) is 7. The first-order valence-electron chi connectivity index (χ1n) is 12.2. The molecule has 2 saturated heterocycles. The van der Waals surface area contributed by atoms with Gasteiger partial charge in [0.1, 0.15) is 11.5 Å². The molecule has 9 heteroatoms. The Kier molecular flexibility index (Phi) is 5.82. The lowest BCUT2D eigenvalue weighted by atomic mass is 9.99. The molecule has 0 spiro atoms. The van der Waals surface area contributed by atoms with Gasteiger partial charge in [0.15, 0.2) is 5.65 Å². The van der Waals surface area contributed by atoms with Crippen LogP contribution in [0.1, 0.15) is 72.5 Å². The fourth-order valence-electron chi connectivity index (χ4n) is 5.21. The van der Waals surface area contributed by atoms with Gasteiger partial charge in [-0.1, -0.05) is 6.92 Å². The van der Waals surface area contributed by atoms with E-state index in [0.29, 0.717) is 5.69 Å². The van der Waals surface area contributed by atoms with Crippen LogP contribution in [0.4, 0.5) is 5.82 Å². The SMILES string of the molecule is CCCn1nc(C)cc1C(=O)N1CCCC[C@H]1c1cc2nc(N3CC[C@H](N)C3)c(C)cn2n1. The Morgan fingerprint density at radius 3 is 2.76 bits per heavy atom. The molecular formula is C24H34N8O. The molecule has 2 aliphatic heterocycles. The number of anilines is 1. The van der Waals surface area contributed by atoms with E-state index in [0.717, 1.165) is 86.7 Å². The highest BCUT2D eigenvalue weighted by atomic mass is 16.2. The quantitative estimate of drug-likeness (QED) is 0.642. The molecule has 0 aliphatic carbocycles. The molecule has 0 unspecified atom stereocenters. The van der Waals surface area contributed by atoms with Crippen LogP contribution in [0.3, 0.4) is 0 Å². The molecule has 9 nitrogen and oxygen atoms in total. The molecule has 0 aromatic carbocycles. The van der Waals surface area contributed by atoms with Crippen LogP contribution >= 0.6 is 0 Å². The van der Waals surface area contributed by atoms with E-state index in [1.165, 1.54) is 0 Å². The lowest BCUT2D eigenvalue weighted by Gasteiger charge is -2.34. The van der Waals surface area contributed by atoms with Gasteiger partial charge in [0.25, 0.3) is 5.91 Å². The van der Waals surface area contributed by atoms with Crippen LogP contribution in [0.2, 0.25) is 0 Å². The summed E-state index contributed by atoms with van der Waals surface area (Å²) >= 11 is 0.